The minimum atomic E-state index is 0.737. The lowest BCUT2D eigenvalue weighted by Crippen LogP contribution is -2.01. The van der Waals surface area contributed by atoms with Crippen molar-refractivity contribution in [3.05, 3.63) is 109 Å². The molecule has 4 nitrogen and oxygen atoms in total. The lowest BCUT2D eigenvalue weighted by Gasteiger charge is -2.13. The van der Waals surface area contributed by atoms with Crippen LogP contribution in [-0.2, 0) is 6.54 Å². The highest BCUT2D eigenvalue weighted by Gasteiger charge is 2.06. The molecule has 0 bridgehead atoms. The van der Waals surface area contributed by atoms with E-state index in [2.05, 4.69) is 63.8 Å². The van der Waals surface area contributed by atoms with Gasteiger partial charge in [-0.3, -0.25) is 0 Å². The van der Waals surface area contributed by atoms with Crippen LogP contribution in [0.4, 0.5) is 5.69 Å². The molecule has 1 aromatic heterocycles. The summed E-state index contributed by atoms with van der Waals surface area (Å²) in [5.41, 5.74) is 6.63. The average molecular weight is 391 g/mol. The fourth-order valence-electron chi connectivity index (χ4n) is 3.51. The summed E-state index contributed by atoms with van der Waals surface area (Å²) in [4.78, 5) is 7.45. The van der Waals surface area contributed by atoms with Crippen LogP contribution in [-0.4, -0.2) is 9.97 Å². The molecule has 0 saturated carbocycles. The van der Waals surface area contributed by atoms with E-state index in [4.69, 9.17) is 4.74 Å². The highest BCUT2D eigenvalue weighted by molar-refractivity contribution is 5.78. The maximum Gasteiger partial charge on any atom is 0.127 e. The van der Waals surface area contributed by atoms with Gasteiger partial charge in [-0.1, -0.05) is 54.6 Å². The smallest absolute Gasteiger partial charge is 0.127 e. The highest BCUT2D eigenvalue weighted by atomic mass is 16.5. The topological polar surface area (TPSA) is 49.9 Å². The van der Waals surface area contributed by atoms with Gasteiger partial charge in [0, 0.05) is 17.8 Å². The molecule has 0 radical (unpaired) electrons. The van der Waals surface area contributed by atoms with Crippen LogP contribution in [0.2, 0.25) is 0 Å². The minimum absolute atomic E-state index is 0.737. The first-order valence-corrected chi connectivity index (χ1v) is 9.93. The number of aromatic amines is 1. The van der Waals surface area contributed by atoms with Crippen LogP contribution >= 0.6 is 0 Å². The van der Waals surface area contributed by atoms with Crippen LogP contribution in [0.25, 0.3) is 22.2 Å². The molecule has 2 N–H and O–H groups in total. The standard InChI is InChI=1S/C26H21N3O/c1-2-6-21(7-3-1)30-22-13-11-20(12-14-22)23-8-4-5-9-24(23)27-17-19-10-15-25-26(16-19)29-18-28-25/h1-16,18,27H,17H2,(H,28,29). The quantitative estimate of drug-likeness (QED) is 0.341. The summed E-state index contributed by atoms with van der Waals surface area (Å²) in [6.45, 7) is 0.737. The van der Waals surface area contributed by atoms with Crippen LogP contribution in [0.1, 0.15) is 5.56 Å². The summed E-state index contributed by atoms with van der Waals surface area (Å²) < 4.78 is 5.91. The Morgan fingerprint density at radius 2 is 1.53 bits per heavy atom. The lowest BCUT2D eigenvalue weighted by atomic mass is 10.0. The van der Waals surface area contributed by atoms with E-state index in [0.29, 0.717) is 0 Å². The maximum absolute atomic E-state index is 5.91. The molecular formula is C26H21N3O. The monoisotopic (exact) mass is 391 g/mol. The van der Waals surface area contributed by atoms with E-state index >= 15 is 0 Å². The highest BCUT2D eigenvalue weighted by Crippen LogP contribution is 2.31. The fourth-order valence-corrected chi connectivity index (χ4v) is 3.51. The Morgan fingerprint density at radius 3 is 2.40 bits per heavy atom. The first-order valence-electron chi connectivity index (χ1n) is 9.93. The lowest BCUT2D eigenvalue weighted by molar-refractivity contribution is 0.483. The van der Waals surface area contributed by atoms with Gasteiger partial charge in [0.05, 0.1) is 17.4 Å². The number of H-pyrrole nitrogens is 1. The predicted octanol–water partition coefficient (Wildman–Crippen LogP) is 6.63. The number of para-hydroxylation sites is 2. The van der Waals surface area contributed by atoms with E-state index < -0.39 is 0 Å². The Bertz CT molecular complexity index is 1260. The van der Waals surface area contributed by atoms with Gasteiger partial charge >= 0.3 is 0 Å². The number of benzene rings is 4. The molecule has 0 aliphatic rings. The molecule has 0 atom stereocenters. The Morgan fingerprint density at radius 1 is 0.767 bits per heavy atom. The van der Waals surface area contributed by atoms with Crippen molar-refractivity contribution in [3.8, 4) is 22.6 Å². The third-order valence-corrected chi connectivity index (χ3v) is 5.04. The van der Waals surface area contributed by atoms with E-state index in [-0.39, 0.29) is 0 Å². The van der Waals surface area contributed by atoms with Crippen LogP contribution < -0.4 is 10.1 Å². The number of fused-ring (bicyclic) bond motifs is 1. The number of nitrogens with zero attached hydrogens (tertiary/aromatic N) is 1. The molecule has 0 aliphatic carbocycles. The minimum Gasteiger partial charge on any atom is -0.457 e. The Hall–Kier alpha value is -4.05. The second kappa shape index (κ2) is 8.13. The summed E-state index contributed by atoms with van der Waals surface area (Å²) >= 11 is 0. The van der Waals surface area contributed by atoms with Crippen molar-refractivity contribution in [1.82, 2.24) is 9.97 Å². The molecule has 0 aliphatic heterocycles. The summed E-state index contributed by atoms with van der Waals surface area (Å²) in [5, 5.41) is 3.57. The fraction of sp³-hybridized carbons (Fsp3) is 0.0385. The zero-order chi connectivity index (χ0) is 20.2. The molecule has 0 fully saturated rings. The van der Waals surface area contributed by atoms with Crippen molar-refractivity contribution in [1.29, 1.82) is 0 Å². The Kier molecular flexibility index (Phi) is 4.88. The van der Waals surface area contributed by atoms with Crippen LogP contribution in [0.5, 0.6) is 11.5 Å². The van der Waals surface area contributed by atoms with Crippen LogP contribution in [0, 0.1) is 0 Å². The van der Waals surface area contributed by atoms with Crippen molar-refractivity contribution in [3.63, 3.8) is 0 Å². The summed E-state index contributed by atoms with van der Waals surface area (Å²) in [5.74, 6) is 1.66. The maximum atomic E-state index is 5.91. The molecule has 30 heavy (non-hydrogen) atoms. The number of ether oxygens (including phenoxy) is 1. The van der Waals surface area contributed by atoms with Gasteiger partial charge in [-0.25, -0.2) is 4.98 Å². The molecule has 0 amide bonds. The molecule has 0 spiro atoms. The van der Waals surface area contributed by atoms with Gasteiger partial charge in [0.25, 0.3) is 0 Å². The molecule has 0 saturated heterocycles. The number of anilines is 1. The molecule has 5 rings (SSSR count). The largest absolute Gasteiger partial charge is 0.457 e. The summed E-state index contributed by atoms with van der Waals surface area (Å²) in [6.07, 6.45) is 1.72. The second-order valence-corrected chi connectivity index (χ2v) is 7.09. The normalized spacial score (nSPS) is 10.8. The van der Waals surface area contributed by atoms with Crippen molar-refractivity contribution in [2.45, 2.75) is 6.54 Å². The summed E-state index contributed by atoms with van der Waals surface area (Å²) in [6, 6.07) is 32.7. The zero-order valence-electron chi connectivity index (χ0n) is 16.4. The van der Waals surface area contributed by atoms with E-state index in [9.17, 15) is 0 Å². The summed E-state index contributed by atoms with van der Waals surface area (Å²) in [7, 11) is 0. The molecule has 5 aromatic rings. The third kappa shape index (κ3) is 3.89. The van der Waals surface area contributed by atoms with Crippen molar-refractivity contribution in [2.75, 3.05) is 5.32 Å². The van der Waals surface area contributed by atoms with E-state index in [0.717, 1.165) is 45.9 Å². The first kappa shape index (κ1) is 18.0. The number of hydrogen-bond donors (Lipinski definition) is 2. The van der Waals surface area contributed by atoms with Gasteiger partial charge in [-0.15, -0.1) is 0 Å². The van der Waals surface area contributed by atoms with Crippen LogP contribution in [0.15, 0.2) is 103 Å². The number of nitrogens with one attached hydrogen (secondary N) is 2. The molecule has 146 valence electrons. The van der Waals surface area contributed by atoms with Gasteiger partial charge in [0.2, 0.25) is 0 Å². The SMILES string of the molecule is c1ccc(Oc2ccc(-c3ccccc3NCc3ccc4nc[nH]c4c3)cc2)cc1. The number of aromatic nitrogens is 2. The average Bonchev–Trinajstić information content (AvgIpc) is 3.27. The number of hydrogen-bond acceptors (Lipinski definition) is 3. The van der Waals surface area contributed by atoms with E-state index in [1.807, 2.05) is 48.5 Å². The predicted molar refractivity (Wildman–Crippen MR) is 122 cm³/mol. The van der Waals surface area contributed by atoms with Crippen molar-refractivity contribution < 1.29 is 4.74 Å². The Labute approximate surface area is 175 Å². The molecule has 4 aromatic carbocycles. The third-order valence-electron chi connectivity index (χ3n) is 5.04. The number of imidazole rings is 1. The van der Waals surface area contributed by atoms with Crippen molar-refractivity contribution >= 4 is 16.7 Å². The van der Waals surface area contributed by atoms with Gasteiger partial charge < -0.3 is 15.0 Å². The molecule has 0 unspecified atom stereocenters. The van der Waals surface area contributed by atoms with Gasteiger partial charge in [0.15, 0.2) is 0 Å². The van der Waals surface area contributed by atoms with Gasteiger partial charge in [0.1, 0.15) is 11.5 Å². The van der Waals surface area contributed by atoms with E-state index in [1.165, 1.54) is 5.56 Å². The number of rotatable bonds is 6. The van der Waals surface area contributed by atoms with E-state index in [1.54, 1.807) is 6.33 Å². The second-order valence-electron chi connectivity index (χ2n) is 7.09. The van der Waals surface area contributed by atoms with Gasteiger partial charge in [-0.2, -0.15) is 0 Å². The van der Waals surface area contributed by atoms with Crippen LogP contribution in [0.3, 0.4) is 0 Å². The molecule has 1 heterocycles. The first-order chi connectivity index (χ1) is 14.8. The van der Waals surface area contributed by atoms with Crippen molar-refractivity contribution in [2.24, 2.45) is 0 Å². The van der Waals surface area contributed by atoms with Gasteiger partial charge in [-0.05, 0) is 53.6 Å². The molecular weight excluding hydrogens is 370 g/mol. The zero-order valence-corrected chi connectivity index (χ0v) is 16.4. The Balaban J connectivity index is 1.33. The molecule has 4 heteroatoms.